The van der Waals surface area contributed by atoms with E-state index >= 15 is 0 Å². The number of nitrogens with one attached hydrogen (secondary N) is 2. The lowest BCUT2D eigenvalue weighted by molar-refractivity contribution is -0.139. The van der Waals surface area contributed by atoms with E-state index in [1.54, 1.807) is 6.07 Å². The van der Waals surface area contributed by atoms with Crippen molar-refractivity contribution in [2.24, 2.45) is 0 Å². The van der Waals surface area contributed by atoms with E-state index in [1.807, 2.05) is 0 Å². The van der Waals surface area contributed by atoms with Gasteiger partial charge < -0.3 is 15.2 Å². The van der Waals surface area contributed by atoms with Gasteiger partial charge in [-0.05, 0) is 23.8 Å². The summed E-state index contributed by atoms with van der Waals surface area (Å²) in [5.74, 6) is -1.14. The highest BCUT2D eigenvalue weighted by Crippen LogP contribution is 2.37. The summed E-state index contributed by atoms with van der Waals surface area (Å²) >= 11 is 0. The number of H-pyrrole nitrogens is 1. The molecule has 2 aromatic rings. The Bertz CT molecular complexity index is 756. The predicted octanol–water partition coefficient (Wildman–Crippen LogP) is 2.35. The molecule has 24 heavy (non-hydrogen) atoms. The van der Waals surface area contributed by atoms with Crippen LogP contribution < -0.4 is 5.32 Å². The molecular weight excluding hydrogens is 323 g/mol. The minimum atomic E-state index is -4.62. The van der Waals surface area contributed by atoms with Gasteiger partial charge in [0.25, 0.3) is 5.91 Å². The van der Waals surface area contributed by atoms with Gasteiger partial charge in [-0.25, -0.2) is 0 Å². The molecule has 0 radical (unpaired) electrons. The molecule has 1 aliphatic heterocycles. The van der Waals surface area contributed by atoms with Crippen molar-refractivity contribution < 1.29 is 22.8 Å². The van der Waals surface area contributed by atoms with Gasteiger partial charge in [-0.15, -0.1) is 0 Å². The molecule has 126 valence electrons. The molecule has 1 atom stereocenters. The standard InChI is InChI=1S/C16H14F3N3O2/c17-16(18,19)11-5-2-1-4-10(11)13-14(23)21-8-9-22(13)15(24)12-6-3-7-20-12/h1-7,13,20H,8-9H2,(H,21,23)/t13-/m1/s1. The minimum Gasteiger partial charge on any atom is -0.357 e. The van der Waals surface area contributed by atoms with Crippen molar-refractivity contribution in [3.63, 3.8) is 0 Å². The Morgan fingerprint density at radius 1 is 1.17 bits per heavy atom. The molecule has 2 heterocycles. The number of carbonyl (C=O) groups excluding carboxylic acids is 2. The van der Waals surface area contributed by atoms with E-state index in [-0.39, 0.29) is 24.3 Å². The molecule has 2 amide bonds. The van der Waals surface area contributed by atoms with Crippen LogP contribution in [0, 0.1) is 0 Å². The number of aromatic nitrogens is 1. The van der Waals surface area contributed by atoms with Crippen molar-refractivity contribution in [1.82, 2.24) is 15.2 Å². The van der Waals surface area contributed by atoms with Crippen LogP contribution in [0.5, 0.6) is 0 Å². The van der Waals surface area contributed by atoms with Crippen molar-refractivity contribution in [2.45, 2.75) is 12.2 Å². The predicted molar refractivity (Wildman–Crippen MR) is 79.0 cm³/mol. The number of halogens is 3. The summed E-state index contributed by atoms with van der Waals surface area (Å²) in [4.78, 5) is 28.7. The zero-order valence-electron chi connectivity index (χ0n) is 12.4. The van der Waals surface area contributed by atoms with E-state index < -0.39 is 29.6 Å². The van der Waals surface area contributed by atoms with Gasteiger partial charge in [-0.3, -0.25) is 9.59 Å². The zero-order chi connectivity index (χ0) is 17.3. The molecule has 0 bridgehead atoms. The SMILES string of the molecule is O=C1NCCN(C(=O)c2ccc[nH]2)[C@@H]1c1ccccc1C(F)(F)F. The monoisotopic (exact) mass is 337 g/mol. The molecule has 0 spiro atoms. The van der Waals surface area contributed by atoms with Crippen molar-refractivity contribution >= 4 is 11.8 Å². The summed E-state index contributed by atoms with van der Waals surface area (Å²) in [6.07, 6.45) is -3.08. The number of hydrogen-bond donors (Lipinski definition) is 2. The van der Waals surface area contributed by atoms with Gasteiger partial charge >= 0.3 is 6.18 Å². The third-order valence-electron chi connectivity index (χ3n) is 3.86. The Morgan fingerprint density at radius 2 is 1.92 bits per heavy atom. The van der Waals surface area contributed by atoms with E-state index in [9.17, 15) is 22.8 Å². The molecule has 1 aromatic carbocycles. The molecule has 1 saturated heterocycles. The summed E-state index contributed by atoms with van der Waals surface area (Å²) in [7, 11) is 0. The van der Waals surface area contributed by atoms with Crippen LogP contribution in [0.15, 0.2) is 42.6 Å². The molecule has 5 nitrogen and oxygen atoms in total. The van der Waals surface area contributed by atoms with Crippen molar-refractivity contribution in [3.05, 3.63) is 59.4 Å². The van der Waals surface area contributed by atoms with Gasteiger partial charge in [0.15, 0.2) is 0 Å². The number of carbonyl (C=O) groups is 2. The molecule has 2 N–H and O–H groups in total. The van der Waals surface area contributed by atoms with Gasteiger partial charge in [0, 0.05) is 19.3 Å². The summed E-state index contributed by atoms with van der Waals surface area (Å²) in [6, 6.07) is 6.61. The van der Waals surface area contributed by atoms with Gasteiger partial charge in [-0.1, -0.05) is 18.2 Å². The number of amides is 2. The maximum absolute atomic E-state index is 13.3. The summed E-state index contributed by atoms with van der Waals surface area (Å²) < 4.78 is 39.9. The topological polar surface area (TPSA) is 65.2 Å². The second-order valence-corrected chi connectivity index (χ2v) is 5.36. The largest absolute Gasteiger partial charge is 0.416 e. The highest BCUT2D eigenvalue weighted by Gasteiger charge is 2.41. The third-order valence-corrected chi connectivity index (χ3v) is 3.86. The van der Waals surface area contributed by atoms with Gasteiger partial charge in [0.1, 0.15) is 11.7 Å². The maximum atomic E-state index is 13.3. The number of hydrogen-bond acceptors (Lipinski definition) is 2. The Hall–Kier alpha value is -2.77. The number of nitrogens with zero attached hydrogens (tertiary/aromatic N) is 1. The second kappa shape index (κ2) is 6.03. The van der Waals surface area contributed by atoms with Crippen molar-refractivity contribution in [1.29, 1.82) is 0 Å². The Balaban J connectivity index is 2.06. The fraction of sp³-hybridized carbons (Fsp3) is 0.250. The molecule has 1 aromatic heterocycles. The molecule has 1 aliphatic rings. The normalized spacial score (nSPS) is 18.4. The quantitative estimate of drug-likeness (QED) is 0.883. The number of benzene rings is 1. The van der Waals surface area contributed by atoms with Crippen LogP contribution in [0.2, 0.25) is 0 Å². The van der Waals surface area contributed by atoms with Crippen LogP contribution in [0.1, 0.15) is 27.7 Å². The zero-order valence-corrected chi connectivity index (χ0v) is 12.4. The number of rotatable bonds is 2. The Morgan fingerprint density at radius 3 is 2.58 bits per heavy atom. The van der Waals surface area contributed by atoms with E-state index in [0.29, 0.717) is 0 Å². The number of piperazine rings is 1. The van der Waals surface area contributed by atoms with Crippen LogP contribution in [0.25, 0.3) is 0 Å². The van der Waals surface area contributed by atoms with Gasteiger partial charge in [-0.2, -0.15) is 13.2 Å². The van der Waals surface area contributed by atoms with Crippen LogP contribution >= 0.6 is 0 Å². The summed E-state index contributed by atoms with van der Waals surface area (Å²) in [5.41, 5.74) is -0.933. The lowest BCUT2D eigenvalue weighted by Crippen LogP contribution is -2.52. The van der Waals surface area contributed by atoms with Crippen LogP contribution in [0.4, 0.5) is 13.2 Å². The molecular formula is C16H14F3N3O2. The van der Waals surface area contributed by atoms with E-state index in [1.165, 1.54) is 30.5 Å². The summed E-state index contributed by atoms with van der Waals surface area (Å²) in [5, 5.41) is 2.53. The fourth-order valence-electron chi connectivity index (χ4n) is 2.81. The van der Waals surface area contributed by atoms with Crippen molar-refractivity contribution in [3.8, 4) is 0 Å². The molecule has 0 saturated carbocycles. The van der Waals surface area contributed by atoms with Crippen LogP contribution in [-0.2, 0) is 11.0 Å². The van der Waals surface area contributed by atoms with Crippen LogP contribution in [-0.4, -0.2) is 34.8 Å². The first-order chi connectivity index (χ1) is 11.4. The number of alkyl halides is 3. The average Bonchev–Trinajstić information content (AvgIpc) is 3.07. The highest BCUT2D eigenvalue weighted by atomic mass is 19.4. The van der Waals surface area contributed by atoms with E-state index in [2.05, 4.69) is 10.3 Å². The summed E-state index contributed by atoms with van der Waals surface area (Å²) in [6.45, 7) is 0.316. The highest BCUT2D eigenvalue weighted by molar-refractivity contribution is 5.97. The molecule has 0 unspecified atom stereocenters. The van der Waals surface area contributed by atoms with Crippen molar-refractivity contribution in [2.75, 3.05) is 13.1 Å². The Labute approximate surface area is 135 Å². The van der Waals surface area contributed by atoms with E-state index in [0.717, 1.165) is 11.0 Å². The second-order valence-electron chi connectivity index (χ2n) is 5.36. The fourth-order valence-corrected chi connectivity index (χ4v) is 2.81. The number of aromatic amines is 1. The van der Waals surface area contributed by atoms with Crippen LogP contribution in [0.3, 0.4) is 0 Å². The molecule has 0 aliphatic carbocycles. The molecule has 1 fully saturated rings. The first-order valence-electron chi connectivity index (χ1n) is 7.28. The minimum absolute atomic E-state index is 0.125. The lowest BCUT2D eigenvalue weighted by atomic mass is 9.96. The molecule has 3 rings (SSSR count). The average molecular weight is 337 g/mol. The Kier molecular flexibility index (Phi) is 4.04. The third kappa shape index (κ3) is 2.86. The first kappa shape index (κ1) is 16.1. The van der Waals surface area contributed by atoms with Gasteiger partial charge in [0.2, 0.25) is 5.91 Å². The first-order valence-corrected chi connectivity index (χ1v) is 7.28. The van der Waals surface area contributed by atoms with E-state index in [4.69, 9.17) is 0 Å². The van der Waals surface area contributed by atoms with Gasteiger partial charge in [0.05, 0.1) is 5.56 Å². The lowest BCUT2D eigenvalue weighted by Gasteiger charge is -2.36. The maximum Gasteiger partial charge on any atom is 0.416 e. The molecule has 8 heteroatoms. The smallest absolute Gasteiger partial charge is 0.357 e.